The number of hydrogen-bond donors (Lipinski definition) is 3. The molecule has 4 aromatic rings. The van der Waals surface area contributed by atoms with Crippen LogP contribution in [0.25, 0.3) is 11.1 Å². The van der Waals surface area contributed by atoms with Gasteiger partial charge in [-0.05, 0) is 47.5 Å². The number of nitrogens with zero attached hydrogens (tertiary/aromatic N) is 4. The van der Waals surface area contributed by atoms with E-state index < -0.39 is 18.0 Å². The van der Waals surface area contributed by atoms with Crippen LogP contribution in [-0.2, 0) is 11.3 Å². The van der Waals surface area contributed by atoms with E-state index in [1.54, 1.807) is 48.8 Å². The molecule has 6 bridgehead atoms. The SMILES string of the molecule is Nc1ccnc(N2CC[C@@H]3Oc4cc(F)cc(c4)CNC(=O)COc4cccc(c4)-c4cncc(c4)C(=O)N[C@@H]3C2)n1. The fourth-order valence-corrected chi connectivity index (χ4v) is 5.01. The summed E-state index contributed by atoms with van der Waals surface area (Å²) in [5.41, 5.74) is 8.22. The number of pyridine rings is 1. The van der Waals surface area contributed by atoms with Crippen LogP contribution in [0.2, 0.25) is 0 Å². The number of anilines is 2. The van der Waals surface area contributed by atoms with E-state index in [4.69, 9.17) is 15.2 Å². The van der Waals surface area contributed by atoms with E-state index in [1.165, 1.54) is 18.3 Å². The number of nitrogen functional groups attached to an aromatic ring is 1. The first kappa shape index (κ1) is 26.9. The lowest BCUT2D eigenvalue weighted by Gasteiger charge is -2.38. The highest BCUT2D eigenvalue weighted by Crippen LogP contribution is 2.26. The number of aromatic nitrogens is 3. The van der Waals surface area contributed by atoms with Gasteiger partial charge in [0.1, 0.15) is 29.2 Å². The summed E-state index contributed by atoms with van der Waals surface area (Å²) >= 11 is 0. The Morgan fingerprint density at radius 2 is 1.88 bits per heavy atom. The topological polar surface area (TPSA) is 145 Å². The third-order valence-electron chi connectivity index (χ3n) is 7.06. The summed E-state index contributed by atoms with van der Waals surface area (Å²) in [5, 5.41) is 5.84. The van der Waals surface area contributed by atoms with Gasteiger partial charge in [-0.2, -0.15) is 4.98 Å². The second kappa shape index (κ2) is 11.7. The number of hydrogen-bond acceptors (Lipinski definition) is 9. The lowest BCUT2D eigenvalue weighted by molar-refractivity contribution is -0.123. The molecule has 6 rings (SSSR count). The van der Waals surface area contributed by atoms with Gasteiger partial charge in [-0.15, -0.1) is 0 Å². The van der Waals surface area contributed by atoms with Gasteiger partial charge < -0.3 is 30.7 Å². The number of halogens is 1. The Hall–Kier alpha value is -5.26. The van der Waals surface area contributed by atoms with Gasteiger partial charge in [-0.3, -0.25) is 14.6 Å². The molecule has 4 N–H and O–H groups in total. The minimum absolute atomic E-state index is 0.0826. The van der Waals surface area contributed by atoms with Crippen molar-refractivity contribution in [3.05, 3.63) is 90.1 Å². The molecule has 2 aliphatic heterocycles. The van der Waals surface area contributed by atoms with Crippen molar-refractivity contribution in [2.24, 2.45) is 0 Å². The minimum atomic E-state index is -0.523. The molecule has 11 nitrogen and oxygen atoms in total. The number of amides is 2. The van der Waals surface area contributed by atoms with E-state index in [-0.39, 0.29) is 30.7 Å². The molecule has 1 saturated heterocycles. The van der Waals surface area contributed by atoms with Crippen molar-refractivity contribution < 1.29 is 23.5 Å². The maximum atomic E-state index is 14.6. The molecule has 2 aliphatic rings. The van der Waals surface area contributed by atoms with Crippen LogP contribution < -0.4 is 30.7 Å². The van der Waals surface area contributed by atoms with Gasteiger partial charge >= 0.3 is 0 Å². The second-order valence-electron chi connectivity index (χ2n) is 10.1. The first-order valence-electron chi connectivity index (χ1n) is 13.4. The molecule has 1 fully saturated rings. The van der Waals surface area contributed by atoms with Crippen molar-refractivity contribution in [1.82, 2.24) is 25.6 Å². The molecule has 2 amide bonds. The highest BCUT2D eigenvalue weighted by atomic mass is 19.1. The van der Waals surface area contributed by atoms with Gasteiger partial charge in [0.25, 0.3) is 11.8 Å². The van der Waals surface area contributed by atoms with Crippen LogP contribution >= 0.6 is 0 Å². The summed E-state index contributed by atoms with van der Waals surface area (Å²) in [5.74, 6) is 0.312. The molecule has 12 heteroatoms. The van der Waals surface area contributed by atoms with Crippen LogP contribution in [0.15, 0.2) is 73.2 Å². The molecule has 2 atom stereocenters. The Morgan fingerprint density at radius 1 is 1.00 bits per heavy atom. The van der Waals surface area contributed by atoms with Crippen molar-refractivity contribution in [1.29, 1.82) is 0 Å². The number of ether oxygens (including phenoxy) is 2. The Bertz CT molecular complexity index is 1640. The van der Waals surface area contributed by atoms with Crippen LogP contribution in [0, 0.1) is 5.82 Å². The number of carbonyl (C=O) groups is 2. The van der Waals surface area contributed by atoms with E-state index in [1.807, 2.05) is 11.0 Å². The average molecular weight is 570 g/mol. The summed E-state index contributed by atoms with van der Waals surface area (Å²) < 4.78 is 26.6. The van der Waals surface area contributed by atoms with Crippen molar-refractivity contribution in [2.75, 3.05) is 30.3 Å². The maximum absolute atomic E-state index is 14.6. The van der Waals surface area contributed by atoms with Crippen molar-refractivity contribution in [3.63, 3.8) is 0 Å². The molecule has 214 valence electrons. The van der Waals surface area contributed by atoms with Crippen LogP contribution in [0.1, 0.15) is 22.3 Å². The maximum Gasteiger partial charge on any atom is 0.258 e. The number of benzene rings is 2. The number of rotatable bonds is 1. The normalized spacial score (nSPS) is 19.0. The standard InChI is InChI=1S/C30H28FN7O4/c31-22-8-18-9-24(12-22)42-26-5-7-38(30-34-6-4-27(32)37-30)16-25(26)36-29(40)21-10-20(14-33-15-21)19-2-1-3-23(11-19)41-17-28(39)35-13-18/h1-4,6,8-12,14-15,25-26H,5,7,13,16-17H2,(H,35,39)(H,36,40)(H2,32,34,37)/t25-,26+/m1/s1. The lowest BCUT2D eigenvalue weighted by atomic mass is 10.0. The zero-order valence-corrected chi connectivity index (χ0v) is 22.5. The number of nitrogens with one attached hydrogen (secondary N) is 2. The van der Waals surface area contributed by atoms with Gasteiger partial charge in [-0.1, -0.05) is 12.1 Å². The lowest BCUT2D eigenvalue weighted by Crippen LogP contribution is -2.57. The first-order valence-corrected chi connectivity index (χ1v) is 13.4. The number of fused-ring (bicyclic) bond motifs is 8. The van der Waals surface area contributed by atoms with E-state index >= 15 is 0 Å². The van der Waals surface area contributed by atoms with Crippen LogP contribution in [0.5, 0.6) is 11.5 Å². The van der Waals surface area contributed by atoms with Gasteiger partial charge in [0.05, 0.1) is 11.6 Å². The summed E-state index contributed by atoms with van der Waals surface area (Å²) in [7, 11) is 0. The highest BCUT2D eigenvalue weighted by molar-refractivity contribution is 5.95. The second-order valence-corrected chi connectivity index (χ2v) is 10.1. The zero-order valence-electron chi connectivity index (χ0n) is 22.5. The predicted octanol–water partition coefficient (Wildman–Crippen LogP) is 2.72. The van der Waals surface area contributed by atoms with Crippen molar-refractivity contribution in [2.45, 2.75) is 25.1 Å². The summed E-state index contributed by atoms with van der Waals surface area (Å²) in [6, 6.07) is 14.3. The quantitative estimate of drug-likeness (QED) is 0.315. The molecule has 0 radical (unpaired) electrons. The minimum Gasteiger partial charge on any atom is -0.488 e. The number of piperidine rings is 1. The van der Waals surface area contributed by atoms with Crippen LogP contribution in [0.3, 0.4) is 0 Å². The molecule has 2 aromatic heterocycles. The molecule has 0 spiro atoms. The summed E-state index contributed by atoms with van der Waals surface area (Å²) in [6.45, 7) is 0.704. The Balaban J connectivity index is 1.35. The molecule has 4 heterocycles. The van der Waals surface area contributed by atoms with Crippen molar-refractivity contribution >= 4 is 23.6 Å². The largest absolute Gasteiger partial charge is 0.488 e. The first-order chi connectivity index (χ1) is 20.4. The van der Waals surface area contributed by atoms with Gasteiger partial charge in [0.2, 0.25) is 5.95 Å². The highest BCUT2D eigenvalue weighted by Gasteiger charge is 2.34. The predicted molar refractivity (Wildman–Crippen MR) is 152 cm³/mol. The Labute approximate surface area is 240 Å². The molecule has 0 saturated carbocycles. The van der Waals surface area contributed by atoms with Gasteiger partial charge in [0, 0.05) is 56.3 Å². The van der Waals surface area contributed by atoms with Gasteiger partial charge in [-0.25, -0.2) is 9.37 Å². The third kappa shape index (κ3) is 6.22. The van der Waals surface area contributed by atoms with Gasteiger partial charge in [0.15, 0.2) is 6.61 Å². The fourth-order valence-electron chi connectivity index (χ4n) is 5.01. The van der Waals surface area contributed by atoms with E-state index in [2.05, 4.69) is 25.6 Å². The monoisotopic (exact) mass is 569 g/mol. The zero-order chi connectivity index (χ0) is 29.1. The summed E-state index contributed by atoms with van der Waals surface area (Å²) in [6.07, 6.45) is 4.70. The number of nitrogens with two attached hydrogens (primary N) is 1. The smallest absolute Gasteiger partial charge is 0.258 e. The van der Waals surface area contributed by atoms with E-state index in [0.717, 1.165) is 5.56 Å². The van der Waals surface area contributed by atoms with E-state index in [9.17, 15) is 14.0 Å². The molecule has 42 heavy (non-hydrogen) atoms. The van der Waals surface area contributed by atoms with Crippen molar-refractivity contribution in [3.8, 4) is 22.6 Å². The molecule has 0 aliphatic carbocycles. The molecule has 2 aromatic carbocycles. The Morgan fingerprint density at radius 3 is 2.76 bits per heavy atom. The molecular weight excluding hydrogens is 541 g/mol. The van der Waals surface area contributed by atoms with E-state index in [0.29, 0.717) is 53.7 Å². The number of carbonyl (C=O) groups excluding carboxylic acids is 2. The fraction of sp³-hybridized carbons (Fsp3) is 0.233. The molecular formula is C30H28FN7O4. The molecule has 0 unspecified atom stereocenters. The third-order valence-corrected chi connectivity index (χ3v) is 7.06. The Kier molecular flexibility index (Phi) is 7.50. The summed E-state index contributed by atoms with van der Waals surface area (Å²) in [4.78, 5) is 40.9. The average Bonchev–Trinajstić information content (AvgIpc) is 2.99. The van der Waals surface area contributed by atoms with Crippen LogP contribution in [-0.4, -0.2) is 58.6 Å². The van der Waals surface area contributed by atoms with Crippen LogP contribution in [0.4, 0.5) is 16.2 Å².